The number of amides is 1. The van der Waals surface area contributed by atoms with Crippen molar-refractivity contribution in [2.24, 2.45) is 0 Å². The molecule has 0 spiro atoms. The van der Waals surface area contributed by atoms with Gasteiger partial charge in [-0.25, -0.2) is 4.79 Å². The van der Waals surface area contributed by atoms with E-state index in [1.807, 2.05) is 61.5 Å². The van der Waals surface area contributed by atoms with Crippen LogP contribution in [0.2, 0.25) is 0 Å². The maximum absolute atomic E-state index is 12.8. The van der Waals surface area contributed by atoms with Crippen molar-refractivity contribution in [2.75, 3.05) is 7.11 Å². The minimum atomic E-state index is -0.304. The molecule has 6 heteroatoms. The van der Waals surface area contributed by atoms with Crippen molar-refractivity contribution in [3.63, 3.8) is 0 Å². The van der Waals surface area contributed by atoms with Crippen LogP contribution < -0.4 is 4.74 Å². The molecular formula is C27H25NO5. The van der Waals surface area contributed by atoms with Crippen LogP contribution in [0.15, 0.2) is 66.7 Å². The second-order valence-corrected chi connectivity index (χ2v) is 8.51. The van der Waals surface area contributed by atoms with E-state index in [9.17, 15) is 9.59 Å². The highest BCUT2D eigenvalue weighted by atomic mass is 16.6. The number of carbonyl (C=O) groups excluding carboxylic acids is 2. The van der Waals surface area contributed by atoms with Gasteiger partial charge < -0.3 is 14.2 Å². The fourth-order valence-corrected chi connectivity index (χ4v) is 4.69. The Labute approximate surface area is 192 Å². The van der Waals surface area contributed by atoms with Crippen molar-refractivity contribution < 1.29 is 23.8 Å². The molecule has 33 heavy (non-hydrogen) atoms. The lowest BCUT2D eigenvalue weighted by atomic mass is 10.1. The number of hydrogen-bond donors (Lipinski definition) is 0. The summed E-state index contributed by atoms with van der Waals surface area (Å²) in [6.45, 7) is 2.40. The molecule has 0 unspecified atom stereocenters. The van der Waals surface area contributed by atoms with Crippen molar-refractivity contribution in [1.82, 2.24) is 4.90 Å². The lowest BCUT2D eigenvalue weighted by Gasteiger charge is -2.23. The third-order valence-corrected chi connectivity index (χ3v) is 6.23. The van der Waals surface area contributed by atoms with Crippen LogP contribution in [0.25, 0.3) is 0 Å². The fraction of sp³-hybridized carbons (Fsp3) is 0.259. The van der Waals surface area contributed by atoms with Gasteiger partial charge >= 0.3 is 12.1 Å². The second-order valence-electron chi connectivity index (χ2n) is 8.51. The number of aryl methyl sites for hydroxylation is 1. The van der Waals surface area contributed by atoms with Crippen molar-refractivity contribution in [2.45, 2.75) is 38.5 Å². The number of carbonyl (C=O) groups is 2. The van der Waals surface area contributed by atoms with Crippen molar-refractivity contribution in [3.05, 3.63) is 94.5 Å². The van der Waals surface area contributed by atoms with Crippen LogP contribution >= 0.6 is 0 Å². The zero-order valence-corrected chi connectivity index (χ0v) is 18.6. The molecule has 3 aromatic rings. The number of fused-ring (bicyclic) bond motifs is 3. The molecule has 0 aromatic heterocycles. The highest BCUT2D eigenvalue weighted by molar-refractivity contribution is 5.73. The third kappa shape index (κ3) is 4.16. The molecule has 5 rings (SSSR count). The Morgan fingerprint density at radius 1 is 1.09 bits per heavy atom. The van der Waals surface area contributed by atoms with Crippen LogP contribution in [0.1, 0.15) is 33.9 Å². The van der Waals surface area contributed by atoms with E-state index in [1.165, 1.54) is 12.7 Å². The molecule has 0 saturated carbocycles. The first-order chi connectivity index (χ1) is 16.0. The molecule has 2 atom stereocenters. The van der Waals surface area contributed by atoms with Gasteiger partial charge in [0.25, 0.3) is 0 Å². The van der Waals surface area contributed by atoms with E-state index in [1.54, 1.807) is 4.90 Å². The average molecular weight is 443 g/mol. The average Bonchev–Trinajstić information content (AvgIpc) is 3.31. The van der Waals surface area contributed by atoms with E-state index >= 15 is 0 Å². The molecule has 0 bridgehead atoms. The normalized spacial score (nSPS) is 18.5. The highest BCUT2D eigenvalue weighted by Crippen LogP contribution is 2.44. The first-order valence-electron chi connectivity index (χ1n) is 11.0. The number of hydrogen-bond acceptors (Lipinski definition) is 5. The Morgan fingerprint density at radius 3 is 2.79 bits per heavy atom. The monoisotopic (exact) mass is 443 g/mol. The van der Waals surface area contributed by atoms with Gasteiger partial charge in [0.1, 0.15) is 17.6 Å². The Morgan fingerprint density at radius 2 is 1.94 bits per heavy atom. The Kier molecular flexibility index (Phi) is 5.50. The summed E-state index contributed by atoms with van der Waals surface area (Å²) in [5.41, 5.74) is 5.16. The van der Waals surface area contributed by atoms with E-state index in [-0.39, 0.29) is 30.6 Å². The summed E-state index contributed by atoms with van der Waals surface area (Å²) in [5.74, 6) is 0.982. The molecule has 1 amide bonds. The molecule has 168 valence electrons. The van der Waals surface area contributed by atoms with Crippen LogP contribution in [0, 0.1) is 6.92 Å². The number of esters is 1. The van der Waals surface area contributed by atoms with Gasteiger partial charge in [-0.15, -0.1) is 0 Å². The van der Waals surface area contributed by atoms with Crippen LogP contribution in [-0.2, 0) is 33.7 Å². The third-order valence-electron chi connectivity index (χ3n) is 6.23. The van der Waals surface area contributed by atoms with Crippen molar-refractivity contribution >= 4 is 12.1 Å². The van der Waals surface area contributed by atoms with E-state index in [0.717, 1.165) is 28.7 Å². The van der Waals surface area contributed by atoms with Gasteiger partial charge in [0.05, 0.1) is 26.1 Å². The molecule has 1 saturated heterocycles. The predicted octanol–water partition coefficient (Wildman–Crippen LogP) is 5.12. The van der Waals surface area contributed by atoms with Crippen LogP contribution in [0.3, 0.4) is 0 Å². The van der Waals surface area contributed by atoms with Gasteiger partial charge in [-0.2, -0.15) is 0 Å². The van der Waals surface area contributed by atoms with Gasteiger partial charge in [-0.3, -0.25) is 9.69 Å². The lowest BCUT2D eigenvalue weighted by molar-refractivity contribution is -0.139. The molecule has 1 heterocycles. The standard InChI is InChI=1S/C27H25NO5/c1-17-10-11-23(32-21-8-5-6-18(13-21)14-25(29)31-2)20(12-17)16-28-26-22-9-4-3-7-19(22)15-24(26)33-27(28)30/h3-13,24,26H,14-16H2,1-2H3/t24-,26+/m0/s1. The molecule has 6 nitrogen and oxygen atoms in total. The SMILES string of the molecule is COC(=O)Cc1cccc(Oc2ccc(C)cc2CN2C(=O)O[C@H]3Cc4ccccc4[C@H]32)c1. The Hall–Kier alpha value is -3.80. The summed E-state index contributed by atoms with van der Waals surface area (Å²) in [6, 6.07) is 21.4. The summed E-state index contributed by atoms with van der Waals surface area (Å²) in [6.07, 6.45) is 0.468. The van der Waals surface area contributed by atoms with E-state index in [0.29, 0.717) is 18.0 Å². The maximum atomic E-state index is 12.8. The number of ether oxygens (including phenoxy) is 3. The van der Waals surface area contributed by atoms with Crippen LogP contribution in [0.5, 0.6) is 11.5 Å². The largest absolute Gasteiger partial charge is 0.469 e. The molecular weight excluding hydrogens is 418 g/mol. The van der Waals surface area contributed by atoms with Crippen LogP contribution in [-0.4, -0.2) is 30.2 Å². The molecule has 3 aromatic carbocycles. The van der Waals surface area contributed by atoms with Gasteiger partial charge in [0, 0.05) is 12.0 Å². The minimum Gasteiger partial charge on any atom is -0.469 e. The highest BCUT2D eigenvalue weighted by Gasteiger charge is 2.47. The maximum Gasteiger partial charge on any atom is 0.411 e. The first-order valence-corrected chi connectivity index (χ1v) is 11.0. The Bertz CT molecular complexity index is 1220. The predicted molar refractivity (Wildman–Crippen MR) is 122 cm³/mol. The van der Waals surface area contributed by atoms with E-state index in [2.05, 4.69) is 12.1 Å². The smallest absolute Gasteiger partial charge is 0.411 e. The number of rotatable bonds is 6. The minimum absolute atomic E-state index is 0.0922. The van der Waals surface area contributed by atoms with Crippen molar-refractivity contribution in [1.29, 1.82) is 0 Å². The van der Waals surface area contributed by atoms with Gasteiger partial charge in [0.15, 0.2) is 0 Å². The topological polar surface area (TPSA) is 65.1 Å². The van der Waals surface area contributed by atoms with Crippen molar-refractivity contribution in [3.8, 4) is 11.5 Å². The quantitative estimate of drug-likeness (QED) is 0.495. The van der Waals surface area contributed by atoms with Crippen LogP contribution in [0.4, 0.5) is 4.79 Å². The van der Waals surface area contributed by atoms with Gasteiger partial charge in [-0.05, 0) is 41.8 Å². The molecule has 2 aliphatic rings. The molecule has 1 aliphatic heterocycles. The summed E-state index contributed by atoms with van der Waals surface area (Å²) in [5, 5.41) is 0. The summed E-state index contributed by atoms with van der Waals surface area (Å²) in [7, 11) is 1.37. The first kappa shape index (κ1) is 21.1. The van der Waals surface area contributed by atoms with Gasteiger partial charge in [0.2, 0.25) is 0 Å². The van der Waals surface area contributed by atoms with Gasteiger partial charge in [-0.1, -0.05) is 54.1 Å². The molecule has 0 radical (unpaired) electrons. The summed E-state index contributed by atoms with van der Waals surface area (Å²) < 4.78 is 16.7. The fourth-order valence-electron chi connectivity index (χ4n) is 4.69. The number of nitrogens with zero attached hydrogens (tertiary/aromatic N) is 1. The summed E-state index contributed by atoms with van der Waals surface area (Å²) in [4.78, 5) is 26.2. The zero-order chi connectivity index (χ0) is 22.9. The van der Waals surface area contributed by atoms with E-state index in [4.69, 9.17) is 14.2 Å². The molecule has 1 aliphatic carbocycles. The zero-order valence-electron chi connectivity index (χ0n) is 18.6. The lowest BCUT2D eigenvalue weighted by Crippen LogP contribution is -2.27. The van der Waals surface area contributed by atoms with E-state index < -0.39 is 0 Å². The second kappa shape index (κ2) is 8.62. The Balaban J connectivity index is 1.41. The molecule has 0 N–H and O–H groups in total. The number of benzene rings is 3. The number of methoxy groups -OCH3 is 1. The summed E-state index contributed by atoms with van der Waals surface area (Å²) >= 11 is 0. The molecule has 1 fully saturated rings.